The van der Waals surface area contributed by atoms with E-state index >= 15 is 0 Å². The number of nitrogens with one attached hydrogen (secondary N) is 1. The zero-order valence-corrected chi connectivity index (χ0v) is 12.2. The third kappa shape index (κ3) is 1.78. The molecule has 0 amide bonds. The third-order valence-electron chi connectivity index (χ3n) is 4.47. The number of para-hydroxylation sites is 1. The summed E-state index contributed by atoms with van der Waals surface area (Å²) in [6, 6.07) is 6.85. The first-order valence-corrected chi connectivity index (χ1v) is 7.36. The van der Waals surface area contributed by atoms with Crippen LogP contribution >= 0.6 is 15.9 Å². The summed E-state index contributed by atoms with van der Waals surface area (Å²) in [5, 5.41) is 13.3. The molecule has 2 heterocycles. The van der Waals surface area contributed by atoms with Crippen LogP contribution in [0.1, 0.15) is 17.9 Å². The lowest BCUT2D eigenvalue weighted by Gasteiger charge is -2.48. The Morgan fingerprint density at radius 2 is 2.33 bits per heavy atom. The highest BCUT2D eigenvalue weighted by Gasteiger charge is 2.41. The van der Waals surface area contributed by atoms with Crippen molar-refractivity contribution in [3.8, 4) is 0 Å². The molecule has 2 aliphatic heterocycles. The van der Waals surface area contributed by atoms with E-state index < -0.39 is 0 Å². The molecule has 2 aliphatic rings. The molecule has 0 radical (unpaired) electrons. The van der Waals surface area contributed by atoms with Crippen molar-refractivity contribution in [2.45, 2.75) is 18.4 Å². The van der Waals surface area contributed by atoms with Crippen molar-refractivity contribution in [2.24, 2.45) is 5.92 Å². The van der Waals surface area contributed by atoms with Crippen LogP contribution in [0, 0.1) is 5.92 Å². The van der Waals surface area contributed by atoms with E-state index in [9.17, 15) is 5.11 Å². The quantitative estimate of drug-likeness (QED) is 0.832. The number of aliphatic hydroxyl groups is 1. The maximum atomic E-state index is 9.79. The van der Waals surface area contributed by atoms with Gasteiger partial charge in [-0.25, -0.2) is 0 Å². The zero-order valence-electron chi connectivity index (χ0n) is 10.6. The minimum absolute atomic E-state index is 0.236. The van der Waals surface area contributed by atoms with Gasteiger partial charge in [-0.2, -0.15) is 0 Å². The standard InChI is InChI=1S/C14H19BrN2O/c1-17-13-5-6-16-7-10(13)11(8-18)9-3-2-4-12(15)14(9)17/h2-4,10-11,13,16,18H,5-8H2,1H3. The van der Waals surface area contributed by atoms with Gasteiger partial charge in [0.15, 0.2) is 0 Å². The molecule has 4 heteroatoms. The highest BCUT2D eigenvalue weighted by Crippen LogP contribution is 2.45. The molecule has 3 unspecified atom stereocenters. The fourth-order valence-electron chi connectivity index (χ4n) is 3.59. The number of anilines is 1. The Labute approximate surface area is 116 Å². The third-order valence-corrected chi connectivity index (χ3v) is 5.11. The Balaban J connectivity index is 2.11. The number of aliphatic hydroxyl groups excluding tert-OH is 1. The fourth-order valence-corrected chi connectivity index (χ4v) is 4.25. The minimum Gasteiger partial charge on any atom is -0.396 e. The average molecular weight is 311 g/mol. The average Bonchev–Trinajstić information content (AvgIpc) is 2.39. The first-order valence-electron chi connectivity index (χ1n) is 6.57. The number of rotatable bonds is 1. The summed E-state index contributed by atoms with van der Waals surface area (Å²) in [5.74, 6) is 0.766. The lowest BCUT2D eigenvalue weighted by Crippen LogP contribution is -2.54. The number of piperidine rings is 1. The fraction of sp³-hybridized carbons (Fsp3) is 0.571. The molecule has 0 aromatic heterocycles. The molecule has 1 aromatic carbocycles. The van der Waals surface area contributed by atoms with Gasteiger partial charge in [0, 0.05) is 35.9 Å². The van der Waals surface area contributed by atoms with Crippen LogP contribution in [0.2, 0.25) is 0 Å². The monoisotopic (exact) mass is 310 g/mol. The summed E-state index contributed by atoms with van der Waals surface area (Å²) in [4.78, 5) is 2.40. The molecule has 0 aliphatic carbocycles. The smallest absolute Gasteiger partial charge is 0.0547 e. The topological polar surface area (TPSA) is 35.5 Å². The van der Waals surface area contributed by atoms with E-state index in [-0.39, 0.29) is 12.5 Å². The predicted molar refractivity (Wildman–Crippen MR) is 77.1 cm³/mol. The summed E-state index contributed by atoms with van der Waals surface area (Å²) < 4.78 is 1.14. The lowest BCUT2D eigenvalue weighted by atomic mass is 9.74. The summed E-state index contributed by atoms with van der Waals surface area (Å²) in [7, 11) is 2.18. The first-order chi connectivity index (χ1) is 8.74. The van der Waals surface area contributed by atoms with Crippen molar-refractivity contribution in [3.63, 3.8) is 0 Å². The van der Waals surface area contributed by atoms with E-state index in [1.165, 1.54) is 11.3 Å². The van der Waals surface area contributed by atoms with Crippen LogP contribution in [0.5, 0.6) is 0 Å². The van der Waals surface area contributed by atoms with Gasteiger partial charge in [0.25, 0.3) is 0 Å². The molecule has 1 fully saturated rings. The van der Waals surface area contributed by atoms with Crippen molar-refractivity contribution >= 4 is 21.6 Å². The summed E-state index contributed by atoms with van der Waals surface area (Å²) in [5.41, 5.74) is 2.54. The van der Waals surface area contributed by atoms with Crippen molar-refractivity contribution in [1.82, 2.24) is 5.32 Å². The van der Waals surface area contributed by atoms with Gasteiger partial charge >= 0.3 is 0 Å². The predicted octanol–water partition coefficient (Wildman–Crippen LogP) is 1.95. The maximum absolute atomic E-state index is 9.79. The second-order valence-corrected chi connectivity index (χ2v) is 6.16. The molecule has 0 bridgehead atoms. The molecule has 0 saturated carbocycles. The van der Waals surface area contributed by atoms with Crippen LogP contribution < -0.4 is 10.2 Å². The van der Waals surface area contributed by atoms with Crippen LogP contribution in [0.25, 0.3) is 0 Å². The van der Waals surface area contributed by atoms with Crippen LogP contribution in [0.15, 0.2) is 22.7 Å². The highest BCUT2D eigenvalue weighted by molar-refractivity contribution is 9.10. The largest absolute Gasteiger partial charge is 0.396 e. The number of benzene rings is 1. The minimum atomic E-state index is 0.236. The van der Waals surface area contributed by atoms with Gasteiger partial charge in [-0.05, 0) is 40.5 Å². The number of hydrogen-bond acceptors (Lipinski definition) is 3. The van der Waals surface area contributed by atoms with Crippen LogP contribution in [-0.2, 0) is 0 Å². The molecule has 18 heavy (non-hydrogen) atoms. The van der Waals surface area contributed by atoms with Gasteiger partial charge in [0.2, 0.25) is 0 Å². The molecule has 2 N–H and O–H groups in total. The summed E-state index contributed by atoms with van der Waals surface area (Å²) in [6.07, 6.45) is 1.15. The zero-order chi connectivity index (χ0) is 12.7. The molecule has 0 spiro atoms. The number of hydrogen-bond donors (Lipinski definition) is 2. The maximum Gasteiger partial charge on any atom is 0.0547 e. The van der Waals surface area contributed by atoms with Crippen molar-refractivity contribution in [2.75, 3.05) is 31.6 Å². The molecule has 3 rings (SSSR count). The van der Waals surface area contributed by atoms with E-state index in [0.29, 0.717) is 12.0 Å². The van der Waals surface area contributed by atoms with Crippen molar-refractivity contribution < 1.29 is 5.11 Å². The Bertz CT molecular complexity index is 451. The van der Waals surface area contributed by atoms with E-state index in [0.717, 1.165) is 24.0 Å². The SMILES string of the molecule is CN1c2c(Br)cccc2C(CO)C2CNCCC21. The van der Waals surface area contributed by atoms with Gasteiger partial charge in [0.05, 0.1) is 12.3 Å². The summed E-state index contributed by atoms with van der Waals surface area (Å²) >= 11 is 3.66. The van der Waals surface area contributed by atoms with Crippen LogP contribution in [0.4, 0.5) is 5.69 Å². The molecule has 1 aromatic rings. The Hall–Kier alpha value is -0.580. The number of nitrogens with zero attached hydrogens (tertiary/aromatic N) is 1. The lowest BCUT2D eigenvalue weighted by molar-refractivity contribution is 0.178. The Morgan fingerprint density at radius 3 is 3.11 bits per heavy atom. The molecule has 1 saturated heterocycles. The number of fused-ring (bicyclic) bond motifs is 2. The van der Waals surface area contributed by atoms with E-state index in [4.69, 9.17) is 0 Å². The van der Waals surface area contributed by atoms with Crippen LogP contribution in [0.3, 0.4) is 0 Å². The van der Waals surface area contributed by atoms with Gasteiger partial charge in [-0.1, -0.05) is 12.1 Å². The first kappa shape index (κ1) is 12.5. The van der Waals surface area contributed by atoms with Gasteiger partial charge in [0.1, 0.15) is 0 Å². The molecular formula is C14H19BrN2O. The second-order valence-electron chi connectivity index (χ2n) is 5.30. The Kier molecular flexibility index (Phi) is 3.34. The van der Waals surface area contributed by atoms with Gasteiger partial charge in [-0.3, -0.25) is 0 Å². The molecule has 3 atom stereocenters. The number of halogens is 1. The van der Waals surface area contributed by atoms with Crippen molar-refractivity contribution in [1.29, 1.82) is 0 Å². The molecule has 98 valence electrons. The molecular weight excluding hydrogens is 292 g/mol. The highest BCUT2D eigenvalue weighted by atomic mass is 79.9. The van der Waals surface area contributed by atoms with Crippen molar-refractivity contribution in [3.05, 3.63) is 28.2 Å². The van der Waals surface area contributed by atoms with Gasteiger partial charge < -0.3 is 15.3 Å². The van der Waals surface area contributed by atoms with Crippen LogP contribution in [-0.4, -0.2) is 37.9 Å². The van der Waals surface area contributed by atoms with E-state index in [2.05, 4.69) is 51.4 Å². The second kappa shape index (κ2) is 4.83. The van der Waals surface area contributed by atoms with E-state index in [1.807, 2.05) is 0 Å². The Morgan fingerprint density at radius 1 is 1.50 bits per heavy atom. The molecule has 3 nitrogen and oxygen atoms in total. The van der Waals surface area contributed by atoms with E-state index in [1.54, 1.807) is 0 Å². The normalized spacial score (nSPS) is 30.8. The van der Waals surface area contributed by atoms with Gasteiger partial charge in [-0.15, -0.1) is 0 Å². The summed E-state index contributed by atoms with van der Waals surface area (Å²) in [6.45, 7) is 2.32.